The Morgan fingerprint density at radius 3 is 2.47 bits per heavy atom. The van der Waals surface area contributed by atoms with Gasteiger partial charge >= 0.3 is 0 Å². The quantitative estimate of drug-likeness (QED) is 0.904. The van der Waals surface area contributed by atoms with Crippen LogP contribution < -0.4 is 5.73 Å². The number of amides is 1. The molecule has 0 saturated heterocycles. The van der Waals surface area contributed by atoms with Crippen LogP contribution in [0.4, 0.5) is 0 Å². The summed E-state index contributed by atoms with van der Waals surface area (Å²) >= 11 is 0. The molecule has 19 heavy (non-hydrogen) atoms. The first-order valence-electron chi connectivity index (χ1n) is 7.35. The molecule has 0 radical (unpaired) electrons. The average molecular weight is 260 g/mol. The molecule has 1 aromatic rings. The smallest absolute Gasteiger partial charge is 0.244 e. The third-order valence-electron chi connectivity index (χ3n) is 4.06. The topological polar surface area (TPSA) is 46.3 Å². The molecule has 1 aliphatic rings. The lowest BCUT2D eigenvalue weighted by Gasteiger charge is -2.35. The van der Waals surface area contributed by atoms with Crippen molar-refractivity contribution in [1.82, 2.24) is 4.90 Å². The maximum Gasteiger partial charge on any atom is 0.244 e. The van der Waals surface area contributed by atoms with Crippen LogP contribution in [-0.2, 0) is 4.79 Å². The molecule has 3 heteroatoms. The van der Waals surface area contributed by atoms with E-state index in [4.69, 9.17) is 5.73 Å². The molecule has 0 spiro atoms. The number of benzene rings is 1. The highest BCUT2D eigenvalue weighted by Crippen LogP contribution is 2.24. The van der Waals surface area contributed by atoms with Gasteiger partial charge in [-0.3, -0.25) is 4.79 Å². The van der Waals surface area contributed by atoms with Crippen molar-refractivity contribution in [3.8, 4) is 0 Å². The van der Waals surface area contributed by atoms with E-state index in [9.17, 15) is 4.79 Å². The molecule has 0 heterocycles. The third-order valence-corrected chi connectivity index (χ3v) is 4.06. The van der Waals surface area contributed by atoms with Crippen LogP contribution in [0.25, 0.3) is 0 Å². The number of nitrogens with zero attached hydrogens (tertiary/aromatic N) is 1. The average Bonchev–Trinajstić information content (AvgIpc) is 2.49. The number of hydrogen-bond donors (Lipinski definition) is 1. The summed E-state index contributed by atoms with van der Waals surface area (Å²) in [6, 6.07) is 9.52. The molecule has 0 unspecified atom stereocenters. The Bertz CT molecular complexity index is 398. The van der Waals surface area contributed by atoms with Crippen LogP contribution in [0.1, 0.15) is 50.6 Å². The summed E-state index contributed by atoms with van der Waals surface area (Å²) in [5.74, 6) is 0.0700. The standard InChI is InChI=1S/C16H24N2O/c1-2-18(14-11-7-4-8-12-14)16(19)15(17)13-9-5-3-6-10-13/h3,5-6,9-10,14-15H,2,4,7-8,11-12,17H2,1H3/t15-/m1/s1. The van der Waals surface area contributed by atoms with Gasteiger partial charge in [0.2, 0.25) is 5.91 Å². The fraction of sp³-hybridized carbons (Fsp3) is 0.562. The molecule has 2 rings (SSSR count). The van der Waals surface area contributed by atoms with Crippen LogP contribution >= 0.6 is 0 Å². The first-order chi connectivity index (χ1) is 9.24. The molecule has 0 bridgehead atoms. The Morgan fingerprint density at radius 1 is 1.26 bits per heavy atom. The molecule has 1 aliphatic carbocycles. The predicted octanol–water partition coefficient (Wildman–Crippen LogP) is 2.87. The first-order valence-corrected chi connectivity index (χ1v) is 7.35. The van der Waals surface area contributed by atoms with E-state index in [-0.39, 0.29) is 5.91 Å². The number of hydrogen-bond acceptors (Lipinski definition) is 2. The number of likely N-dealkylation sites (N-methyl/N-ethyl adjacent to an activating group) is 1. The highest BCUT2D eigenvalue weighted by atomic mass is 16.2. The Labute approximate surface area is 115 Å². The fourth-order valence-corrected chi connectivity index (χ4v) is 2.97. The van der Waals surface area contributed by atoms with E-state index in [1.165, 1.54) is 19.3 Å². The molecule has 1 aromatic carbocycles. The van der Waals surface area contributed by atoms with E-state index >= 15 is 0 Å². The number of carbonyl (C=O) groups excluding carboxylic acids is 1. The van der Waals surface area contributed by atoms with E-state index in [0.29, 0.717) is 6.04 Å². The first kappa shape index (κ1) is 14.1. The van der Waals surface area contributed by atoms with Crippen molar-refractivity contribution in [2.45, 2.75) is 51.1 Å². The van der Waals surface area contributed by atoms with Gasteiger partial charge in [0.15, 0.2) is 0 Å². The van der Waals surface area contributed by atoms with E-state index in [1.807, 2.05) is 42.2 Å². The second kappa shape index (κ2) is 6.71. The molecule has 0 aliphatic heterocycles. The maximum absolute atomic E-state index is 12.6. The zero-order valence-electron chi connectivity index (χ0n) is 11.7. The predicted molar refractivity (Wildman–Crippen MR) is 77.6 cm³/mol. The molecular formula is C16H24N2O. The van der Waals surface area contributed by atoms with Crippen LogP contribution in [-0.4, -0.2) is 23.4 Å². The lowest BCUT2D eigenvalue weighted by atomic mass is 9.93. The van der Waals surface area contributed by atoms with Gasteiger partial charge in [-0.25, -0.2) is 0 Å². The van der Waals surface area contributed by atoms with Crippen LogP contribution in [0.3, 0.4) is 0 Å². The van der Waals surface area contributed by atoms with Gasteiger partial charge in [-0.1, -0.05) is 49.6 Å². The van der Waals surface area contributed by atoms with Gasteiger partial charge in [-0.15, -0.1) is 0 Å². The second-order valence-electron chi connectivity index (χ2n) is 5.30. The van der Waals surface area contributed by atoms with Crippen LogP contribution in [0.15, 0.2) is 30.3 Å². The lowest BCUT2D eigenvalue weighted by molar-refractivity contribution is -0.135. The van der Waals surface area contributed by atoms with Crippen molar-refractivity contribution in [1.29, 1.82) is 0 Å². The highest BCUT2D eigenvalue weighted by Gasteiger charge is 2.28. The van der Waals surface area contributed by atoms with Gasteiger partial charge in [0.25, 0.3) is 0 Å². The highest BCUT2D eigenvalue weighted by molar-refractivity contribution is 5.83. The number of nitrogens with two attached hydrogens (primary N) is 1. The Morgan fingerprint density at radius 2 is 1.89 bits per heavy atom. The molecule has 1 amide bonds. The lowest BCUT2D eigenvalue weighted by Crippen LogP contribution is -2.45. The van der Waals surface area contributed by atoms with Gasteiger partial charge in [0.05, 0.1) is 0 Å². The maximum atomic E-state index is 12.6. The van der Waals surface area contributed by atoms with Crippen LogP contribution in [0, 0.1) is 0 Å². The summed E-state index contributed by atoms with van der Waals surface area (Å²) in [4.78, 5) is 14.6. The van der Waals surface area contributed by atoms with Crippen molar-refractivity contribution in [3.05, 3.63) is 35.9 Å². The number of rotatable bonds is 4. The van der Waals surface area contributed by atoms with Crippen LogP contribution in [0.5, 0.6) is 0 Å². The fourth-order valence-electron chi connectivity index (χ4n) is 2.97. The van der Waals surface area contributed by atoms with Crippen molar-refractivity contribution >= 4 is 5.91 Å². The summed E-state index contributed by atoms with van der Waals surface area (Å²) in [5, 5.41) is 0. The van der Waals surface area contributed by atoms with Crippen molar-refractivity contribution < 1.29 is 4.79 Å². The third kappa shape index (κ3) is 3.35. The molecule has 104 valence electrons. The van der Waals surface area contributed by atoms with E-state index < -0.39 is 6.04 Å². The van der Waals surface area contributed by atoms with Gasteiger partial charge in [-0.2, -0.15) is 0 Å². The zero-order chi connectivity index (χ0) is 13.7. The summed E-state index contributed by atoms with van der Waals surface area (Å²) in [6.07, 6.45) is 6.01. The van der Waals surface area contributed by atoms with E-state index in [0.717, 1.165) is 24.9 Å². The largest absolute Gasteiger partial charge is 0.338 e. The van der Waals surface area contributed by atoms with E-state index in [1.54, 1.807) is 0 Å². The molecular weight excluding hydrogens is 236 g/mol. The molecule has 1 fully saturated rings. The zero-order valence-corrected chi connectivity index (χ0v) is 11.7. The van der Waals surface area contributed by atoms with Crippen molar-refractivity contribution in [3.63, 3.8) is 0 Å². The van der Waals surface area contributed by atoms with Gasteiger partial charge in [0.1, 0.15) is 6.04 Å². The Balaban J connectivity index is 2.07. The molecule has 1 atom stereocenters. The summed E-state index contributed by atoms with van der Waals surface area (Å²) in [7, 11) is 0. The van der Waals surface area contributed by atoms with E-state index in [2.05, 4.69) is 0 Å². The van der Waals surface area contributed by atoms with Gasteiger partial charge in [-0.05, 0) is 25.3 Å². The minimum atomic E-state index is -0.525. The summed E-state index contributed by atoms with van der Waals surface area (Å²) in [6.45, 7) is 2.80. The minimum Gasteiger partial charge on any atom is -0.338 e. The minimum absolute atomic E-state index is 0.0700. The van der Waals surface area contributed by atoms with Gasteiger partial charge < -0.3 is 10.6 Å². The van der Waals surface area contributed by atoms with Crippen molar-refractivity contribution in [2.24, 2.45) is 5.73 Å². The van der Waals surface area contributed by atoms with Crippen LogP contribution in [0.2, 0.25) is 0 Å². The molecule has 0 aromatic heterocycles. The Kier molecular flexibility index (Phi) is 4.97. The number of carbonyl (C=O) groups is 1. The second-order valence-corrected chi connectivity index (χ2v) is 5.30. The monoisotopic (exact) mass is 260 g/mol. The molecule has 2 N–H and O–H groups in total. The SMILES string of the molecule is CCN(C(=O)[C@H](N)c1ccccc1)C1CCCCC1. The summed E-state index contributed by atoms with van der Waals surface area (Å²) < 4.78 is 0. The molecule has 1 saturated carbocycles. The summed E-state index contributed by atoms with van der Waals surface area (Å²) in [5.41, 5.74) is 7.03. The van der Waals surface area contributed by atoms with Gasteiger partial charge in [0, 0.05) is 12.6 Å². The Hall–Kier alpha value is -1.35. The molecule has 3 nitrogen and oxygen atoms in total. The normalized spacial score (nSPS) is 18.0. The van der Waals surface area contributed by atoms with Crippen molar-refractivity contribution in [2.75, 3.05) is 6.54 Å².